The molecule has 7 heteroatoms. The zero-order valence-corrected chi connectivity index (χ0v) is 10.1. The van der Waals surface area contributed by atoms with Crippen LogP contribution in [0.4, 0.5) is 4.39 Å². The molecule has 0 radical (unpaired) electrons. The molecule has 98 valence electrons. The lowest BCUT2D eigenvalue weighted by atomic mass is 9.95. The average Bonchev–Trinajstić information content (AvgIpc) is 2.93. The van der Waals surface area contributed by atoms with Gasteiger partial charge in [-0.05, 0) is 24.3 Å². The van der Waals surface area contributed by atoms with Gasteiger partial charge in [0.05, 0.1) is 0 Å². The summed E-state index contributed by atoms with van der Waals surface area (Å²) in [5, 5.41) is 13.4. The van der Waals surface area contributed by atoms with Gasteiger partial charge in [0.1, 0.15) is 5.82 Å². The molecule has 2 aromatic rings. The Bertz CT molecular complexity index is 582. The molecule has 1 atom stereocenters. The van der Waals surface area contributed by atoms with Crippen molar-refractivity contribution in [1.29, 1.82) is 0 Å². The van der Waals surface area contributed by atoms with E-state index in [1.54, 1.807) is 6.92 Å². The predicted octanol–water partition coefficient (Wildman–Crippen LogP) is 1.33. The molecule has 0 fully saturated rings. The number of benzene rings is 1. The molecule has 0 spiro atoms. The Hall–Kier alpha value is -2.57. The van der Waals surface area contributed by atoms with Crippen molar-refractivity contribution < 1.29 is 13.9 Å². The Morgan fingerprint density at radius 3 is 2.68 bits per heavy atom. The second kappa shape index (κ2) is 4.97. The molecule has 0 aliphatic rings. The highest BCUT2D eigenvalue weighted by Gasteiger charge is 2.37. The van der Waals surface area contributed by atoms with Gasteiger partial charge in [0.15, 0.2) is 5.60 Å². The first kappa shape index (κ1) is 12.9. The number of hydrogen-bond donors (Lipinski definition) is 1. The summed E-state index contributed by atoms with van der Waals surface area (Å²) in [5.41, 5.74) is -0.753. The van der Waals surface area contributed by atoms with Gasteiger partial charge < -0.3 is 4.74 Å². The van der Waals surface area contributed by atoms with E-state index >= 15 is 0 Å². The first-order chi connectivity index (χ1) is 9.06. The summed E-state index contributed by atoms with van der Waals surface area (Å²) in [6.45, 7) is 4.92. The highest BCUT2D eigenvalue weighted by atomic mass is 19.1. The van der Waals surface area contributed by atoms with Gasteiger partial charge in [-0.15, -0.1) is 10.2 Å². The van der Waals surface area contributed by atoms with E-state index < -0.39 is 17.4 Å². The van der Waals surface area contributed by atoms with Crippen LogP contribution in [0.3, 0.4) is 0 Å². The number of halogens is 1. The van der Waals surface area contributed by atoms with Crippen LogP contribution in [0.2, 0.25) is 0 Å². The lowest BCUT2D eigenvalue weighted by Crippen LogP contribution is -2.31. The normalized spacial score (nSPS) is 13.6. The molecule has 0 saturated heterocycles. The molecule has 0 bridgehead atoms. The summed E-state index contributed by atoms with van der Waals surface area (Å²) in [7, 11) is 0. The fourth-order valence-corrected chi connectivity index (χ4v) is 1.61. The van der Waals surface area contributed by atoms with Crippen molar-refractivity contribution in [2.24, 2.45) is 0 Å². The van der Waals surface area contributed by atoms with Gasteiger partial charge in [-0.3, -0.25) is 0 Å². The van der Waals surface area contributed by atoms with E-state index in [2.05, 4.69) is 27.2 Å². The topological polar surface area (TPSA) is 80.8 Å². The van der Waals surface area contributed by atoms with Crippen LogP contribution in [0.15, 0.2) is 36.9 Å². The van der Waals surface area contributed by atoms with Crippen LogP contribution >= 0.6 is 0 Å². The van der Waals surface area contributed by atoms with E-state index in [1.165, 1.54) is 24.3 Å². The molecule has 19 heavy (non-hydrogen) atoms. The fraction of sp³-hybridized carbons (Fsp3) is 0.167. The number of ether oxygens (including phenoxy) is 1. The first-order valence-corrected chi connectivity index (χ1v) is 5.41. The van der Waals surface area contributed by atoms with Crippen molar-refractivity contribution in [3.05, 3.63) is 54.1 Å². The monoisotopic (exact) mass is 262 g/mol. The van der Waals surface area contributed by atoms with Crippen LogP contribution in [0.25, 0.3) is 0 Å². The number of aromatic nitrogens is 4. The van der Waals surface area contributed by atoms with E-state index in [-0.39, 0.29) is 5.82 Å². The van der Waals surface area contributed by atoms with Crippen LogP contribution in [0, 0.1) is 5.82 Å². The summed E-state index contributed by atoms with van der Waals surface area (Å²) in [5.74, 6) is -0.875. The van der Waals surface area contributed by atoms with Crippen LogP contribution in [-0.4, -0.2) is 26.6 Å². The number of rotatable bonds is 4. The summed E-state index contributed by atoms with van der Waals surface area (Å²) < 4.78 is 18.3. The Kier molecular flexibility index (Phi) is 3.37. The zero-order chi connectivity index (χ0) is 13.9. The summed E-state index contributed by atoms with van der Waals surface area (Å²) in [4.78, 5) is 11.5. The molecule has 2 rings (SSSR count). The highest BCUT2D eigenvalue weighted by Crippen LogP contribution is 2.30. The van der Waals surface area contributed by atoms with Gasteiger partial charge in [0.2, 0.25) is 5.82 Å². The minimum absolute atomic E-state index is 0.161. The third kappa shape index (κ3) is 2.49. The maximum Gasteiger partial charge on any atom is 0.331 e. The van der Waals surface area contributed by atoms with Crippen molar-refractivity contribution in [3.8, 4) is 0 Å². The molecular formula is C12H11FN4O2. The standard InChI is InChI=1S/C12H11FN4O2/c1-3-10(18)19-12(2,11-14-16-17-15-11)8-4-6-9(13)7-5-8/h3-7H,1H2,2H3,(H,14,15,16,17). The molecular weight excluding hydrogens is 251 g/mol. The summed E-state index contributed by atoms with van der Waals surface area (Å²) >= 11 is 0. The Balaban J connectivity index is 2.47. The minimum atomic E-state index is -1.27. The van der Waals surface area contributed by atoms with Crippen molar-refractivity contribution >= 4 is 5.97 Å². The zero-order valence-electron chi connectivity index (χ0n) is 10.1. The lowest BCUT2D eigenvalue weighted by molar-refractivity contribution is -0.149. The Morgan fingerprint density at radius 1 is 1.47 bits per heavy atom. The van der Waals surface area contributed by atoms with E-state index in [9.17, 15) is 9.18 Å². The number of aromatic amines is 1. The molecule has 1 heterocycles. The van der Waals surface area contributed by atoms with Crippen LogP contribution in [0.1, 0.15) is 18.3 Å². The molecule has 1 aromatic carbocycles. The van der Waals surface area contributed by atoms with Gasteiger partial charge in [-0.2, -0.15) is 5.21 Å². The molecule has 1 unspecified atom stereocenters. The molecule has 1 N–H and O–H groups in total. The van der Waals surface area contributed by atoms with Gasteiger partial charge in [0, 0.05) is 11.6 Å². The number of H-pyrrole nitrogens is 1. The number of hydrogen-bond acceptors (Lipinski definition) is 5. The highest BCUT2D eigenvalue weighted by molar-refractivity contribution is 5.81. The number of carbonyl (C=O) groups is 1. The van der Waals surface area contributed by atoms with Crippen LogP contribution in [-0.2, 0) is 15.1 Å². The molecule has 0 aliphatic heterocycles. The fourth-order valence-electron chi connectivity index (χ4n) is 1.61. The number of tetrazole rings is 1. The number of nitrogens with zero attached hydrogens (tertiary/aromatic N) is 3. The van der Waals surface area contributed by atoms with E-state index in [1.807, 2.05) is 0 Å². The van der Waals surface area contributed by atoms with Gasteiger partial charge >= 0.3 is 5.97 Å². The van der Waals surface area contributed by atoms with Gasteiger partial charge in [0.25, 0.3) is 0 Å². The maximum atomic E-state index is 13.0. The third-order valence-electron chi connectivity index (χ3n) is 2.64. The Morgan fingerprint density at radius 2 is 2.16 bits per heavy atom. The molecule has 0 aliphatic carbocycles. The molecule has 0 saturated carbocycles. The maximum absolute atomic E-state index is 13.0. The second-order valence-corrected chi connectivity index (χ2v) is 3.90. The SMILES string of the molecule is C=CC(=O)OC(C)(c1ccc(F)cc1)c1nn[nH]n1. The third-order valence-corrected chi connectivity index (χ3v) is 2.64. The summed E-state index contributed by atoms with van der Waals surface area (Å²) in [6, 6.07) is 5.49. The molecule has 1 aromatic heterocycles. The van der Waals surface area contributed by atoms with Crippen molar-refractivity contribution in [2.45, 2.75) is 12.5 Å². The Labute approximate surface area is 108 Å². The minimum Gasteiger partial charge on any atom is -0.443 e. The lowest BCUT2D eigenvalue weighted by Gasteiger charge is -2.26. The first-order valence-electron chi connectivity index (χ1n) is 5.41. The van der Waals surface area contributed by atoms with Crippen molar-refractivity contribution in [3.63, 3.8) is 0 Å². The predicted molar refractivity (Wildman–Crippen MR) is 63.3 cm³/mol. The van der Waals surface area contributed by atoms with E-state index in [0.717, 1.165) is 6.08 Å². The molecule has 6 nitrogen and oxygen atoms in total. The second-order valence-electron chi connectivity index (χ2n) is 3.90. The number of nitrogens with one attached hydrogen (secondary N) is 1. The molecule has 0 amide bonds. The largest absolute Gasteiger partial charge is 0.443 e. The van der Waals surface area contributed by atoms with Crippen LogP contribution < -0.4 is 0 Å². The van der Waals surface area contributed by atoms with Gasteiger partial charge in [-0.25, -0.2) is 9.18 Å². The van der Waals surface area contributed by atoms with Gasteiger partial charge in [-0.1, -0.05) is 18.7 Å². The number of carbonyl (C=O) groups excluding carboxylic acids is 1. The van der Waals surface area contributed by atoms with Crippen molar-refractivity contribution in [1.82, 2.24) is 20.6 Å². The average molecular weight is 262 g/mol. The van der Waals surface area contributed by atoms with E-state index in [4.69, 9.17) is 4.74 Å². The van der Waals surface area contributed by atoms with Crippen molar-refractivity contribution in [2.75, 3.05) is 0 Å². The van der Waals surface area contributed by atoms with Crippen LogP contribution in [0.5, 0.6) is 0 Å². The number of esters is 1. The smallest absolute Gasteiger partial charge is 0.331 e. The van der Waals surface area contributed by atoms with E-state index in [0.29, 0.717) is 5.56 Å². The summed E-state index contributed by atoms with van der Waals surface area (Å²) in [6.07, 6.45) is 1.03. The quantitative estimate of drug-likeness (QED) is 0.664.